The predicted octanol–water partition coefficient (Wildman–Crippen LogP) is 4.40. The Balaban J connectivity index is 2.58. The Hall–Kier alpha value is -3.09. The smallest absolute Gasteiger partial charge is 0.312 e. The first kappa shape index (κ1) is 16.3. The second kappa shape index (κ2) is 6.35. The zero-order chi connectivity index (χ0) is 17.1. The minimum absolute atomic E-state index is 0.00973. The fourth-order valence-electron chi connectivity index (χ4n) is 2.07. The summed E-state index contributed by atoms with van der Waals surface area (Å²) in [5, 5.41) is 29.8. The van der Waals surface area contributed by atoms with Crippen LogP contribution in [0.4, 0.5) is 5.69 Å². The molecular weight excluding hydrogens is 318 g/mol. The summed E-state index contributed by atoms with van der Waals surface area (Å²) in [6.07, 6.45) is 0. The standard InChI is InChI=1S/C16H10ClN3O3/c1-9-3-13(4-10(2)16(9)17)23-15-6-12(8-19)11(7-18)5-14(15)20(21)22/h3-6H,1-2H3. The van der Waals surface area contributed by atoms with Gasteiger partial charge in [0.2, 0.25) is 5.75 Å². The third kappa shape index (κ3) is 3.23. The number of nitriles is 2. The molecule has 0 N–H and O–H groups in total. The second-order valence-electron chi connectivity index (χ2n) is 4.82. The molecular formula is C16H10ClN3O3. The van der Waals surface area contributed by atoms with Crippen molar-refractivity contribution in [1.82, 2.24) is 0 Å². The Bertz CT molecular complexity index is 872. The van der Waals surface area contributed by atoms with Gasteiger partial charge in [0.15, 0.2) is 0 Å². The lowest BCUT2D eigenvalue weighted by molar-refractivity contribution is -0.385. The Morgan fingerprint density at radius 2 is 1.61 bits per heavy atom. The fourth-order valence-corrected chi connectivity index (χ4v) is 2.18. The number of rotatable bonds is 3. The van der Waals surface area contributed by atoms with Crippen molar-refractivity contribution in [3.63, 3.8) is 0 Å². The molecule has 23 heavy (non-hydrogen) atoms. The summed E-state index contributed by atoms with van der Waals surface area (Å²) in [7, 11) is 0. The molecule has 0 saturated heterocycles. The van der Waals surface area contributed by atoms with E-state index in [1.54, 1.807) is 32.0 Å². The van der Waals surface area contributed by atoms with Crippen LogP contribution in [0.1, 0.15) is 22.3 Å². The molecule has 7 heteroatoms. The molecule has 2 aromatic rings. The highest BCUT2D eigenvalue weighted by Gasteiger charge is 2.20. The van der Waals surface area contributed by atoms with E-state index in [9.17, 15) is 10.1 Å². The monoisotopic (exact) mass is 327 g/mol. The largest absolute Gasteiger partial charge is 0.450 e. The van der Waals surface area contributed by atoms with Crippen LogP contribution in [0.5, 0.6) is 11.5 Å². The van der Waals surface area contributed by atoms with Crippen molar-refractivity contribution < 1.29 is 9.66 Å². The van der Waals surface area contributed by atoms with Gasteiger partial charge in [-0.15, -0.1) is 0 Å². The maximum Gasteiger partial charge on any atom is 0.312 e. The molecule has 0 atom stereocenters. The van der Waals surface area contributed by atoms with E-state index in [4.69, 9.17) is 26.9 Å². The molecule has 0 saturated carbocycles. The first-order chi connectivity index (χ1) is 10.9. The van der Waals surface area contributed by atoms with E-state index >= 15 is 0 Å². The SMILES string of the molecule is Cc1cc(Oc2cc(C#N)c(C#N)cc2[N+](=O)[O-])cc(C)c1Cl. The van der Waals surface area contributed by atoms with Gasteiger partial charge in [0.1, 0.15) is 17.9 Å². The Kier molecular flexibility index (Phi) is 4.49. The molecule has 0 heterocycles. The lowest BCUT2D eigenvalue weighted by Gasteiger charge is -2.10. The molecule has 2 rings (SSSR count). The van der Waals surface area contributed by atoms with Crippen LogP contribution in [0.3, 0.4) is 0 Å². The summed E-state index contributed by atoms with van der Waals surface area (Å²) in [5.41, 5.74) is 1.08. The second-order valence-corrected chi connectivity index (χ2v) is 5.20. The van der Waals surface area contributed by atoms with Gasteiger partial charge in [-0.1, -0.05) is 11.6 Å². The lowest BCUT2D eigenvalue weighted by Crippen LogP contribution is -1.97. The van der Waals surface area contributed by atoms with E-state index in [1.807, 2.05) is 6.07 Å². The van der Waals surface area contributed by atoms with Gasteiger partial charge >= 0.3 is 5.69 Å². The van der Waals surface area contributed by atoms with Crippen LogP contribution in [0, 0.1) is 46.6 Å². The maximum atomic E-state index is 11.2. The molecule has 0 aromatic heterocycles. The molecule has 114 valence electrons. The summed E-state index contributed by atoms with van der Waals surface area (Å²) in [6, 6.07) is 9.09. The molecule has 0 unspecified atom stereocenters. The fraction of sp³-hybridized carbons (Fsp3) is 0.125. The van der Waals surface area contributed by atoms with E-state index in [0.29, 0.717) is 10.8 Å². The molecule has 0 aliphatic carbocycles. The van der Waals surface area contributed by atoms with E-state index in [-0.39, 0.29) is 22.6 Å². The first-order valence-corrected chi connectivity index (χ1v) is 6.82. The van der Waals surface area contributed by atoms with Crippen molar-refractivity contribution in [1.29, 1.82) is 10.5 Å². The average molecular weight is 328 g/mol. The Labute approximate surface area is 137 Å². The van der Waals surface area contributed by atoms with Crippen LogP contribution in [0.2, 0.25) is 5.02 Å². The molecule has 0 radical (unpaired) electrons. The molecule has 0 bridgehead atoms. The Morgan fingerprint density at radius 3 is 2.09 bits per heavy atom. The van der Waals surface area contributed by atoms with Crippen molar-refractivity contribution in [2.45, 2.75) is 13.8 Å². The molecule has 0 aliphatic heterocycles. The van der Waals surface area contributed by atoms with Gasteiger partial charge in [-0.05, 0) is 37.1 Å². The molecule has 2 aromatic carbocycles. The highest BCUT2D eigenvalue weighted by Crippen LogP contribution is 2.35. The maximum absolute atomic E-state index is 11.2. The minimum atomic E-state index is -0.660. The van der Waals surface area contributed by atoms with Gasteiger partial charge in [-0.3, -0.25) is 10.1 Å². The van der Waals surface area contributed by atoms with E-state index in [2.05, 4.69) is 0 Å². The number of nitrogens with zero attached hydrogens (tertiary/aromatic N) is 3. The summed E-state index contributed by atoms with van der Waals surface area (Å²) in [6.45, 7) is 3.58. The normalized spacial score (nSPS) is 9.78. The van der Waals surface area contributed by atoms with Crippen molar-refractivity contribution >= 4 is 17.3 Å². The highest BCUT2D eigenvalue weighted by molar-refractivity contribution is 6.32. The van der Waals surface area contributed by atoms with Gasteiger partial charge in [0, 0.05) is 17.2 Å². The van der Waals surface area contributed by atoms with Crippen molar-refractivity contribution in [2.75, 3.05) is 0 Å². The topological polar surface area (TPSA) is 99.9 Å². The summed E-state index contributed by atoms with van der Waals surface area (Å²) in [5.74, 6) is 0.257. The van der Waals surface area contributed by atoms with Gasteiger partial charge in [-0.2, -0.15) is 10.5 Å². The Morgan fingerprint density at radius 1 is 1.09 bits per heavy atom. The number of nitro benzene ring substituents is 1. The summed E-state index contributed by atoms with van der Waals surface area (Å²) < 4.78 is 5.57. The van der Waals surface area contributed by atoms with Crippen LogP contribution in [0.15, 0.2) is 24.3 Å². The van der Waals surface area contributed by atoms with Crippen LogP contribution in [-0.4, -0.2) is 4.92 Å². The number of ether oxygens (including phenoxy) is 1. The van der Waals surface area contributed by atoms with Gasteiger partial charge in [-0.25, -0.2) is 0 Å². The van der Waals surface area contributed by atoms with E-state index in [0.717, 1.165) is 17.2 Å². The van der Waals surface area contributed by atoms with Crippen LogP contribution < -0.4 is 4.74 Å². The zero-order valence-corrected chi connectivity index (χ0v) is 13.0. The zero-order valence-electron chi connectivity index (χ0n) is 12.3. The van der Waals surface area contributed by atoms with Crippen molar-refractivity contribution in [3.8, 4) is 23.6 Å². The molecule has 0 aliphatic rings. The number of halogens is 1. The van der Waals surface area contributed by atoms with Crippen LogP contribution in [0.25, 0.3) is 0 Å². The van der Waals surface area contributed by atoms with Crippen molar-refractivity contribution in [3.05, 3.63) is 61.7 Å². The van der Waals surface area contributed by atoms with Gasteiger partial charge < -0.3 is 4.74 Å². The number of hydrogen-bond acceptors (Lipinski definition) is 5. The summed E-state index contributed by atoms with van der Waals surface area (Å²) >= 11 is 6.08. The van der Waals surface area contributed by atoms with E-state index < -0.39 is 4.92 Å². The molecule has 0 amide bonds. The number of aryl methyl sites for hydroxylation is 2. The quantitative estimate of drug-likeness (QED) is 0.614. The number of nitro groups is 1. The molecule has 6 nitrogen and oxygen atoms in total. The lowest BCUT2D eigenvalue weighted by atomic mass is 10.1. The average Bonchev–Trinajstić information content (AvgIpc) is 2.51. The molecule has 0 spiro atoms. The third-order valence-corrected chi connectivity index (χ3v) is 3.77. The number of benzene rings is 2. The molecule has 0 fully saturated rings. The highest BCUT2D eigenvalue weighted by atomic mass is 35.5. The first-order valence-electron chi connectivity index (χ1n) is 6.44. The minimum Gasteiger partial charge on any atom is -0.450 e. The summed E-state index contributed by atoms with van der Waals surface area (Å²) in [4.78, 5) is 10.5. The van der Waals surface area contributed by atoms with E-state index in [1.165, 1.54) is 6.07 Å². The van der Waals surface area contributed by atoms with Gasteiger partial charge in [0.25, 0.3) is 0 Å². The number of hydrogen-bond donors (Lipinski definition) is 0. The van der Waals surface area contributed by atoms with Crippen LogP contribution >= 0.6 is 11.6 Å². The van der Waals surface area contributed by atoms with Crippen LogP contribution in [-0.2, 0) is 0 Å². The van der Waals surface area contributed by atoms with Gasteiger partial charge in [0.05, 0.1) is 16.1 Å². The third-order valence-electron chi connectivity index (χ3n) is 3.17. The van der Waals surface area contributed by atoms with Crippen molar-refractivity contribution in [2.24, 2.45) is 0 Å². The predicted molar refractivity (Wildman–Crippen MR) is 83.5 cm³/mol.